The van der Waals surface area contributed by atoms with Crippen molar-refractivity contribution in [1.82, 2.24) is 24.5 Å². The SMILES string of the molecule is O=C(c1cccnc1)N1CCC(c2nc3ccc(-c4cccs4)cn3n2)CC1. The summed E-state index contributed by atoms with van der Waals surface area (Å²) in [4.78, 5) is 24.5. The van der Waals surface area contributed by atoms with Gasteiger partial charge in [-0.15, -0.1) is 11.3 Å². The summed E-state index contributed by atoms with van der Waals surface area (Å²) in [5.74, 6) is 1.20. The van der Waals surface area contributed by atoms with Crippen molar-refractivity contribution in [1.29, 1.82) is 0 Å². The first-order valence-corrected chi connectivity index (χ1v) is 10.3. The van der Waals surface area contributed by atoms with Crippen LogP contribution in [-0.2, 0) is 0 Å². The van der Waals surface area contributed by atoms with Crippen molar-refractivity contribution in [3.05, 3.63) is 71.8 Å². The van der Waals surface area contributed by atoms with Gasteiger partial charge in [0.25, 0.3) is 5.91 Å². The number of piperidine rings is 1. The number of aromatic nitrogens is 4. The summed E-state index contributed by atoms with van der Waals surface area (Å²) < 4.78 is 1.87. The zero-order chi connectivity index (χ0) is 18.9. The van der Waals surface area contributed by atoms with E-state index in [0.29, 0.717) is 18.7 Å². The number of pyridine rings is 2. The van der Waals surface area contributed by atoms with Crippen molar-refractivity contribution in [2.75, 3.05) is 13.1 Å². The summed E-state index contributed by atoms with van der Waals surface area (Å²) in [5.41, 5.74) is 2.66. The molecule has 0 atom stereocenters. The first-order valence-electron chi connectivity index (χ1n) is 9.37. The fraction of sp³-hybridized carbons (Fsp3) is 0.238. The predicted octanol–water partition coefficient (Wildman–Crippen LogP) is 3.87. The Morgan fingerprint density at radius 1 is 1.11 bits per heavy atom. The van der Waals surface area contributed by atoms with Gasteiger partial charge >= 0.3 is 0 Å². The van der Waals surface area contributed by atoms with Gasteiger partial charge in [-0.2, -0.15) is 5.10 Å². The monoisotopic (exact) mass is 389 g/mol. The molecule has 0 saturated carbocycles. The molecule has 140 valence electrons. The van der Waals surface area contributed by atoms with Crippen LogP contribution < -0.4 is 0 Å². The zero-order valence-electron chi connectivity index (χ0n) is 15.2. The number of fused-ring (bicyclic) bond motifs is 1. The molecule has 1 fully saturated rings. The van der Waals surface area contributed by atoms with Gasteiger partial charge in [0.05, 0.1) is 5.56 Å². The van der Waals surface area contributed by atoms with Crippen LogP contribution in [0.25, 0.3) is 16.1 Å². The first kappa shape index (κ1) is 17.1. The number of hydrogen-bond acceptors (Lipinski definition) is 5. The van der Waals surface area contributed by atoms with E-state index in [1.165, 1.54) is 4.88 Å². The maximum atomic E-state index is 12.6. The fourth-order valence-corrected chi connectivity index (χ4v) is 4.39. The summed E-state index contributed by atoms with van der Waals surface area (Å²) in [6.45, 7) is 1.43. The molecular weight excluding hydrogens is 370 g/mol. The predicted molar refractivity (Wildman–Crippen MR) is 108 cm³/mol. The van der Waals surface area contributed by atoms with E-state index in [1.807, 2.05) is 27.7 Å². The lowest BCUT2D eigenvalue weighted by Gasteiger charge is -2.30. The minimum Gasteiger partial charge on any atom is -0.339 e. The first-order chi connectivity index (χ1) is 13.8. The molecule has 0 N–H and O–H groups in total. The van der Waals surface area contributed by atoms with Crippen molar-refractivity contribution in [2.45, 2.75) is 18.8 Å². The second-order valence-electron chi connectivity index (χ2n) is 6.98. The molecule has 1 aliphatic heterocycles. The Morgan fingerprint density at radius 3 is 2.75 bits per heavy atom. The number of carbonyl (C=O) groups excluding carboxylic acids is 1. The van der Waals surface area contributed by atoms with Crippen LogP contribution in [0.5, 0.6) is 0 Å². The van der Waals surface area contributed by atoms with Crippen LogP contribution in [0.4, 0.5) is 0 Å². The third kappa shape index (κ3) is 3.18. The topological polar surface area (TPSA) is 63.4 Å². The third-order valence-electron chi connectivity index (χ3n) is 5.21. The Bertz CT molecular complexity index is 1100. The fourth-order valence-electron chi connectivity index (χ4n) is 3.67. The molecule has 1 aliphatic rings. The lowest BCUT2D eigenvalue weighted by atomic mass is 9.96. The van der Waals surface area contributed by atoms with Crippen LogP contribution in [0.2, 0.25) is 0 Å². The van der Waals surface area contributed by atoms with Gasteiger partial charge in [-0.3, -0.25) is 9.78 Å². The highest BCUT2D eigenvalue weighted by Gasteiger charge is 2.27. The van der Waals surface area contributed by atoms with Gasteiger partial charge in [-0.1, -0.05) is 6.07 Å². The van der Waals surface area contributed by atoms with E-state index >= 15 is 0 Å². The Kier molecular flexibility index (Phi) is 4.37. The highest BCUT2D eigenvalue weighted by molar-refractivity contribution is 7.13. The van der Waals surface area contributed by atoms with E-state index in [4.69, 9.17) is 10.1 Å². The van der Waals surface area contributed by atoms with Crippen molar-refractivity contribution < 1.29 is 4.79 Å². The summed E-state index contributed by atoms with van der Waals surface area (Å²) in [7, 11) is 0. The molecule has 0 radical (unpaired) electrons. The van der Waals surface area contributed by atoms with Crippen LogP contribution in [-0.4, -0.2) is 43.5 Å². The van der Waals surface area contributed by atoms with Gasteiger partial charge in [0, 0.05) is 48.0 Å². The maximum Gasteiger partial charge on any atom is 0.255 e. The van der Waals surface area contributed by atoms with Gasteiger partial charge in [0.15, 0.2) is 11.5 Å². The lowest BCUT2D eigenvalue weighted by molar-refractivity contribution is 0.0710. The average Bonchev–Trinajstić information content (AvgIpc) is 3.43. The maximum absolute atomic E-state index is 12.6. The molecular formula is C21H19N5OS. The van der Waals surface area contributed by atoms with Gasteiger partial charge < -0.3 is 4.90 Å². The lowest BCUT2D eigenvalue weighted by Crippen LogP contribution is -2.38. The zero-order valence-corrected chi connectivity index (χ0v) is 16.0. The van der Waals surface area contributed by atoms with E-state index in [0.717, 1.165) is 29.9 Å². The highest BCUT2D eigenvalue weighted by atomic mass is 32.1. The van der Waals surface area contributed by atoms with Crippen LogP contribution in [0.15, 0.2) is 60.4 Å². The Hall–Kier alpha value is -3.06. The molecule has 6 nitrogen and oxygen atoms in total. The number of rotatable bonds is 3. The molecule has 4 aromatic heterocycles. The molecule has 4 aromatic rings. The van der Waals surface area contributed by atoms with Crippen LogP contribution in [0.1, 0.15) is 34.9 Å². The molecule has 1 amide bonds. The summed E-state index contributed by atoms with van der Waals surface area (Å²) >= 11 is 1.72. The van der Waals surface area contributed by atoms with Crippen molar-refractivity contribution >= 4 is 22.9 Å². The van der Waals surface area contributed by atoms with Crippen LogP contribution >= 0.6 is 11.3 Å². The van der Waals surface area contributed by atoms with E-state index < -0.39 is 0 Å². The Balaban J connectivity index is 1.31. The van der Waals surface area contributed by atoms with Crippen molar-refractivity contribution in [2.24, 2.45) is 0 Å². The van der Waals surface area contributed by atoms with Crippen LogP contribution in [0, 0.1) is 0 Å². The summed E-state index contributed by atoms with van der Waals surface area (Å²) in [5, 5.41) is 6.81. The largest absolute Gasteiger partial charge is 0.339 e. The molecule has 1 saturated heterocycles. The second-order valence-corrected chi connectivity index (χ2v) is 7.92. The summed E-state index contributed by atoms with van der Waals surface area (Å²) in [6.07, 6.45) is 7.10. The van der Waals surface area contributed by atoms with E-state index in [2.05, 4.69) is 28.6 Å². The number of hydrogen-bond donors (Lipinski definition) is 0. The van der Waals surface area contributed by atoms with Gasteiger partial charge in [0.1, 0.15) is 0 Å². The van der Waals surface area contributed by atoms with Gasteiger partial charge in [-0.25, -0.2) is 9.50 Å². The Labute approximate surface area is 166 Å². The highest BCUT2D eigenvalue weighted by Crippen LogP contribution is 2.28. The molecule has 28 heavy (non-hydrogen) atoms. The number of amides is 1. The van der Waals surface area contributed by atoms with E-state index in [9.17, 15) is 4.79 Å². The number of nitrogens with zero attached hydrogens (tertiary/aromatic N) is 5. The standard InChI is InChI=1S/C21H19N5OS/c27-21(16-3-1-9-22-13-16)25-10-7-15(8-11-25)20-23-19-6-5-17(14-26(19)24-20)18-4-2-12-28-18/h1-6,9,12-15H,7-8,10-11H2. The smallest absolute Gasteiger partial charge is 0.255 e. The van der Waals surface area contributed by atoms with Gasteiger partial charge in [-0.05, 0) is 48.6 Å². The summed E-state index contributed by atoms with van der Waals surface area (Å²) in [6, 6.07) is 11.9. The molecule has 7 heteroatoms. The van der Waals surface area contributed by atoms with Crippen LogP contribution in [0.3, 0.4) is 0 Å². The molecule has 5 rings (SSSR count). The third-order valence-corrected chi connectivity index (χ3v) is 6.13. The minimum absolute atomic E-state index is 0.0510. The van der Waals surface area contributed by atoms with E-state index in [-0.39, 0.29) is 11.8 Å². The molecule has 5 heterocycles. The van der Waals surface area contributed by atoms with Gasteiger partial charge in [0.2, 0.25) is 0 Å². The number of thiophene rings is 1. The average molecular weight is 389 g/mol. The molecule has 0 bridgehead atoms. The number of likely N-dealkylation sites (tertiary alicyclic amines) is 1. The molecule has 0 aromatic carbocycles. The quantitative estimate of drug-likeness (QED) is 0.534. The molecule has 0 spiro atoms. The minimum atomic E-state index is 0.0510. The van der Waals surface area contributed by atoms with Crippen molar-refractivity contribution in [3.8, 4) is 10.4 Å². The second kappa shape index (κ2) is 7.16. The normalized spacial score (nSPS) is 15.2. The number of carbonyl (C=O) groups is 1. The van der Waals surface area contributed by atoms with Crippen molar-refractivity contribution in [3.63, 3.8) is 0 Å². The van der Waals surface area contributed by atoms with E-state index in [1.54, 1.807) is 29.8 Å². The Morgan fingerprint density at radius 2 is 2.00 bits per heavy atom. The molecule has 0 aliphatic carbocycles. The molecule has 0 unspecified atom stereocenters.